The number of Topliss-reactive ketones (excluding diaryl/α,β-unsaturated/α-hetero) is 2. The molecular weight excluding hydrogens is 857 g/mol. The maximum absolute atomic E-state index is 14.7. The first-order chi connectivity index (χ1) is 31.9. The van der Waals surface area contributed by atoms with Crippen LogP contribution in [0.25, 0.3) is 0 Å². The number of hydrogen-bond donors (Lipinski definition) is 1. The Bertz CT molecular complexity index is 1940. The minimum absolute atomic E-state index is 0.00434. The molecule has 3 heterocycles. The maximum Gasteiger partial charge on any atom is 0.307 e. The van der Waals surface area contributed by atoms with Gasteiger partial charge in [0.2, 0.25) is 17.7 Å². The van der Waals surface area contributed by atoms with E-state index in [-0.39, 0.29) is 97.0 Å². The number of likely N-dealkylation sites (tertiary alicyclic amines) is 2. The van der Waals surface area contributed by atoms with Crippen molar-refractivity contribution in [2.75, 3.05) is 34.4 Å². The van der Waals surface area contributed by atoms with Crippen molar-refractivity contribution >= 4 is 47.1 Å². The molecule has 15 nitrogen and oxygen atoms in total. The first kappa shape index (κ1) is 53.2. The number of fused-ring (bicyclic) bond motifs is 2. The highest BCUT2D eigenvalue weighted by atomic mass is 16.5. The van der Waals surface area contributed by atoms with Gasteiger partial charge < -0.3 is 29.3 Å². The molecule has 2 saturated heterocycles. The Morgan fingerprint density at radius 1 is 0.851 bits per heavy atom. The summed E-state index contributed by atoms with van der Waals surface area (Å²) in [5, 5.41) is 10.0. The smallest absolute Gasteiger partial charge is 0.307 e. The number of imide groups is 1. The number of ether oxygens (including phenoxy) is 2. The van der Waals surface area contributed by atoms with E-state index >= 15 is 0 Å². The van der Waals surface area contributed by atoms with E-state index in [0.717, 1.165) is 24.8 Å². The quantitative estimate of drug-likeness (QED) is 0.0817. The molecule has 0 radical (unpaired) electrons. The highest BCUT2D eigenvalue weighted by Crippen LogP contribution is 2.44. The maximum atomic E-state index is 14.7. The van der Waals surface area contributed by atoms with E-state index < -0.39 is 54.1 Å². The fraction of sp³-hybridized carbons (Fsp3) is 0.692. The van der Waals surface area contributed by atoms with Crippen LogP contribution in [-0.2, 0) is 54.3 Å². The summed E-state index contributed by atoms with van der Waals surface area (Å²) in [6, 6.07) is 7.70. The van der Waals surface area contributed by atoms with Gasteiger partial charge in [0, 0.05) is 83.6 Å². The van der Waals surface area contributed by atoms with Gasteiger partial charge in [-0.05, 0) is 74.7 Å². The van der Waals surface area contributed by atoms with Gasteiger partial charge in [-0.15, -0.1) is 0 Å². The monoisotopic (exact) mass is 933 g/mol. The summed E-state index contributed by atoms with van der Waals surface area (Å²) in [6.07, 6.45) is 7.74. The Morgan fingerprint density at radius 3 is 2.15 bits per heavy atom. The van der Waals surface area contributed by atoms with Crippen LogP contribution < -0.4 is 0 Å². The van der Waals surface area contributed by atoms with Crippen molar-refractivity contribution in [3.63, 3.8) is 0 Å². The zero-order valence-corrected chi connectivity index (χ0v) is 41.1. The number of methoxy groups -OCH3 is 2. The predicted octanol–water partition coefficient (Wildman–Crippen LogP) is 5.91. The van der Waals surface area contributed by atoms with E-state index in [2.05, 4.69) is 0 Å². The molecule has 2 bridgehead atoms. The lowest BCUT2D eigenvalue weighted by Crippen LogP contribution is -2.54. The predicted molar refractivity (Wildman–Crippen MR) is 251 cm³/mol. The number of hydrogen-bond acceptors (Lipinski definition) is 10. The van der Waals surface area contributed by atoms with Crippen LogP contribution >= 0.6 is 0 Å². The number of unbranched alkanes of at least 4 members (excludes halogenated alkanes) is 2. The summed E-state index contributed by atoms with van der Waals surface area (Å²) in [7, 11) is 4.78. The normalized spacial score (nSPS) is 23.3. The van der Waals surface area contributed by atoms with Gasteiger partial charge in [-0.3, -0.25) is 43.3 Å². The molecule has 0 aromatic heterocycles. The van der Waals surface area contributed by atoms with Crippen LogP contribution in [0, 0.1) is 35.5 Å². The number of benzene rings is 1. The third-order valence-electron chi connectivity index (χ3n) is 15.4. The lowest BCUT2D eigenvalue weighted by molar-refractivity contribution is -0.150. The molecule has 4 aliphatic rings. The zero-order valence-electron chi connectivity index (χ0n) is 41.1. The number of carbonyl (C=O) groups excluding carboxylic acids is 7. The second kappa shape index (κ2) is 24.5. The van der Waals surface area contributed by atoms with Gasteiger partial charge in [0.15, 0.2) is 5.78 Å². The molecule has 3 aliphatic heterocycles. The van der Waals surface area contributed by atoms with Crippen molar-refractivity contribution < 1.29 is 52.9 Å². The number of amides is 5. The Balaban J connectivity index is 1.22. The first-order valence-electron chi connectivity index (χ1n) is 24.7. The highest BCUT2D eigenvalue weighted by Gasteiger charge is 2.51. The summed E-state index contributed by atoms with van der Waals surface area (Å²) < 4.78 is 12.0. The summed E-state index contributed by atoms with van der Waals surface area (Å²) in [5.41, 5.74) is 0.833. The van der Waals surface area contributed by atoms with Crippen molar-refractivity contribution in [2.24, 2.45) is 35.5 Å². The first-order valence-corrected chi connectivity index (χ1v) is 24.7. The van der Waals surface area contributed by atoms with E-state index in [4.69, 9.17) is 9.47 Å². The molecule has 3 fully saturated rings. The highest BCUT2D eigenvalue weighted by molar-refractivity contribution is 6.12. The molecule has 1 N–H and O–H groups in total. The second-order valence-corrected chi connectivity index (χ2v) is 20.0. The van der Waals surface area contributed by atoms with Crippen LogP contribution in [0.1, 0.15) is 124 Å². The van der Waals surface area contributed by atoms with Gasteiger partial charge in [0.05, 0.1) is 42.7 Å². The fourth-order valence-electron chi connectivity index (χ4n) is 11.4. The molecule has 5 rings (SSSR count). The Labute approximate surface area is 397 Å². The SMILES string of the molecule is CC[C@H](C)[C@@H]([C@@H](CC(=O)N1CCC[C@H]1[C@H](OC)[C@@H](C)C(=O)C[C@@H](Cc1ccccc1)C(=O)O)OC)N(C)C(=O)[C@@H](CC(=O)[C@@H]1[C@H]2CC[C@H](C2)N1C(=O)CCCCCN1C(=O)C=CC1=O)C(C)C. The molecule has 1 aromatic carbocycles. The van der Waals surface area contributed by atoms with Crippen molar-refractivity contribution in [1.29, 1.82) is 0 Å². The topological polar surface area (TPSA) is 188 Å². The van der Waals surface area contributed by atoms with E-state index in [0.29, 0.717) is 51.6 Å². The molecule has 1 aromatic rings. The number of rotatable bonds is 27. The number of ketones is 2. The van der Waals surface area contributed by atoms with Crippen molar-refractivity contribution in [1.82, 2.24) is 19.6 Å². The Morgan fingerprint density at radius 2 is 1.54 bits per heavy atom. The standard InChI is InChI=1S/C52H76N4O11/c1-9-33(4)48(43(66-7)31-47(62)54-26-16-19-40(54)50(67-8)34(5)41(57)29-37(52(64)65)27-35-17-12-10-13-18-35)53(6)51(63)39(32(2)3)30-42(58)49-36-21-22-38(28-36)56(49)46(61)20-14-11-15-25-55-44(59)23-24-45(55)60/h10,12-13,17-18,23-24,32-34,36-40,43,48-50H,9,11,14-16,19-22,25-31H2,1-8H3,(H,64,65)/t33-,34-,36-,37+,38+,39-,40-,43+,48-,49-,50+/m0/s1. The molecular formula is C52H76N4O11. The molecule has 1 saturated carbocycles. The summed E-state index contributed by atoms with van der Waals surface area (Å²) in [6.45, 7) is 10.4. The van der Waals surface area contributed by atoms with E-state index in [9.17, 15) is 43.5 Å². The minimum atomic E-state index is -1.04. The molecule has 15 heteroatoms. The number of likely N-dealkylation sites (N-methyl/N-ethyl adjacent to an activating group) is 1. The largest absolute Gasteiger partial charge is 0.481 e. The number of carboxylic acids is 1. The molecule has 0 spiro atoms. The zero-order chi connectivity index (χ0) is 49.1. The Kier molecular flexibility index (Phi) is 19.5. The van der Waals surface area contributed by atoms with E-state index in [1.54, 1.807) is 28.7 Å². The number of carboxylic acid groups (broad SMARTS) is 1. The van der Waals surface area contributed by atoms with Gasteiger partial charge in [-0.2, -0.15) is 0 Å². The van der Waals surface area contributed by atoms with Crippen LogP contribution in [0.5, 0.6) is 0 Å². The summed E-state index contributed by atoms with van der Waals surface area (Å²) in [5.74, 6) is -4.98. The van der Waals surface area contributed by atoms with Crippen molar-refractivity contribution in [2.45, 2.75) is 161 Å². The van der Waals surface area contributed by atoms with Crippen LogP contribution in [0.3, 0.4) is 0 Å². The number of piperidine rings is 1. The van der Waals surface area contributed by atoms with Crippen LogP contribution in [0.4, 0.5) is 0 Å². The van der Waals surface area contributed by atoms with Gasteiger partial charge in [-0.25, -0.2) is 0 Å². The van der Waals surface area contributed by atoms with Crippen LogP contribution in [0.15, 0.2) is 42.5 Å². The molecule has 5 amide bonds. The molecule has 0 unspecified atom stereocenters. The van der Waals surface area contributed by atoms with Gasteiger partial charge in [0.1, 0.15) is 5.78 Å². The lowest BCUT2D eigenvalue weighted by atomic mass is 9.83. The van der Waals surface area contributed by atoms with Crippen LogP contribution in [0.2, 0.25) is 0 Å². The number of aliphatic carboxylic acids is 1. The third-order valence-corrected chi connectivity index (χ3v) is 15.4. The van der Waals surface area contributed by atoms with E-state index in [1.807, 2.05) is 58.0 Å². The number of nitrogens with zero attached hydrogens (tertiary/aromatic N) is 4. The Hall–Kier alpha value is -4.76. The second-order valence-electron chi connectivity index (χ2n) is 20.0. The number of carbonyl (C=O) groups is 8. The average Bonchev–Trinajstić information content (AvgIpc) is 4.13. The average molecular weight is 933 g/mol. The third kappa shape index (κ3) is 12.9. The van der Waals surface area contributed by atoms with E-state index in [1.165, 1.54) is 31.3 Å². The molecule has 11 atom stereocenters. The van der Waals surface area contributed by atoms with Crippen molar-refractivity contribution in [3.8, 4) is 0 Å². The van der Waals surface area contributed by atoms with Gasteiger partial charge in [0.25, 0.3) is 11.8 Å². The fourth-order valence-corrected chi connectivity index (χ4v) is 11.4. The van der Waals surface area contributed by atoms with Gasteiger partial charge in [-0.1, -0.05) is 77.8 Å². The molecule has 1 aliphatic carbocycles. The van der Waals surface area contributed by atoms with Crippen LogP contribution in [-0.4, -0.2) is 143 Å². The molecule has 67 heavy (non-hydrogen) atoms. The molecule has 370 valence electrons. The van der Waals surface area contributed by atoms with Gasteiger partial charge >= 0.3 is 5.97 Å². The lowest BCUT2D eigenvalue weighted by Gasteiger charge is -2.41. The minimum Gasteiger partial charge on any atom is -0.481 e. The van der Waals surface area contributed by atoms with Crippen molar-refractivity contribution in [3.05, 3.63) is 48.0 Å². The summed E-state index contributed by atoms with van der Waals surface area (Å²) >= 11 is 0. The summed E-state index contributed by atoms with van der Waals surface area (Å²) in [4.78, 5) is 113.